The first kappa shape index (κ1) is 21.1. The zero-order valence-electron chi connectivity index (χ0n) is 17.9. The predicted molar refractivity (Wildman–Crippen MR) is 136 cm³/mol. The van der Waals surface area contributed by atoms with Crippen molar-refractivity contribution >= 4 is 46.8 Å². The van der Waals surface area contributed by atoms with Gasteiger partial charge in [0, 0.05) is 33.0 Å². The van der Waals surface area contributed by atoms with Gasteiger partial charge in [-0.15, -0.1) is 0 Å². The lowest BCUT2D eigenvalue weighted by molar-refractivity contribution is 0.103. The summed E-state index contributed by atoms with van der Waals surface area (Å²) >= 11 is 14.0. The minimum Gasteiger partial charge on any atom is -0.375 e. The lowest BCUT2D eigenvalue weighted by Gasteiger charge is -2.33. The van der Waals surface area contributed by atoms with Gasteiger partial charge in [-0.25, -0.2) is 0 Å². The third kappa shape index (κ3) is 3.41. The third-order valence-corrected chi connectivity index (χ3v) is 7.92. The number of hydrogen-bond acceptors (Lipinski definition) is 4. The Kier molecular flexibility index (Phi) is 5.08. The summed E-state index contributed by atoms with van der Waals surface area (Å²) in [6, 6.07) is 21.0. The van der Waals surface area contributed by atoms with Gasteiger partial charge in [-0.2, -0.15) is 0 Å². The first-order valence-corrected chi connectivity index (χ1v) is 11.9. The molecular weight excluding hydrogens is 456 g/mol. The van der Waals surface area contributed by atoms with E-state index in [4.69, 9.17) is 23.8 Å². The van der Waals surface area contributed by atoms with Crippen LogP contribution in [0.3, 0.4) is 0 Å². The van der Waals surface area contributed by atoms with Gasteiger partial charge in [0.1, 0.15) is 4.64 Å². The Morgan fingerprint density at radius 1 is 1.06 bits per heavy atom. The van der Waals surface area contributed by atoms with Gasteiger partial charge in [0.25, 0.3) is 0 Å². The lowest BCUT2D eigenvalue weighted by Crippen LogP contribution is -2.30. The molecule has 1 aliphatic heterocycles. The number of rotatable bonds is 3. The van der Waals surface area contributed by atoms with Crippen LogP contribution in [0.5, 0.6) is 0 Å². The van der Waals surface area contributed by atoms with Crippen LogP contribution in [-0.2, 0) is 5.54 Å². The SMILES string of the molecule is Cc1ccc2c(c1)-c1c(sn(-c3cc(Cl)ccc3C(=O)c3ccccc3)c1=S)C(C)(C)N2. The number of nitrogens with one attached hydrogen (secondary N) is 1. The molecule has 0 unspecified atom stereocenters. The number of aromatic nitrogens is 1. The molecule has 32 heavy (non-hydrogen) atoms. The van der Waals surface area contributed by atoms with E-state index in [9.17, 15) is 4.79 Å². The summed E-state index contributed by atoms with van der Waals surface area (Å²) in [4.78, 5) is 14.5. The third-order valence-electron chi connectivity index (χ3n) is 5.73. The minimum absolute atomic E-state index is 0.0563. The highest BCUT2D eigenvalue weighted by Crippen LogP contribution is 2.48. The fourth-order valence-electron chi connectivity index (χ4n) is 4.18. The van der Waals surface area contributed by atoms with E-state index in [1.54, 1.807) is 23.7 Å². The van der Waals surface area contributed by atoms with Crippen LogP contribution in [0.2, 0.25) is 5.02 Å². The maximum absolute atomic E-state index is 13.4. The summed E-state index contributed by atoms with van der Waals surface area (Å²) in [5.74, 6) is -0.0563. The molecule has 0 saturated heterocycles. The van der Waals surface area contributed by atoms with Crippen molar-refractivity contribution < 1.29 is 4.79 Å². The van der Waals surface area contributed by atoms with Gasteiger partial charge in [-0.05, 0) is 51.1 Å². The normalized spacial score (nSPS) is 13.8. The van der Waals surface area contributed by atoms with Crippen molar-refractivity contribution in [3.8, 4) is 16.8 Å². The molecule has 0 fully saturated rings. The van der Waals surface area contributed by atoms with Crippen LogP contribution in [0.4, 0.5) is 5.69 Å². The molecule has 1 aliphatic rings. The first-order valence-electron chi connectivity index (χ1n) is 10.3. The van der Waals surface area contributed by atoms with Gasteiger partial charge in [-0.3, -0.25) is 8.75 Å². The molecule has 5 rings (SSSR count). The van der Waals surface area contributed by atoms with Crippen molar-refractivity contribution in [2.24, 2.45) is 0 Å². The van der Waals surface area contributed by atoms with E-state index in [0.29, 0.717) is 26.5 Å². The monoisotopic (exact) mass is 476 g/mol. The van der Waals surface area contributed by atoms with Crippen LogP contribution in [-0.4, -0.2) is 9.74 Å². The number of carbonyl (C=O) groups is 1. The average molecular weight is 477 g/mol. The Morgan fingerprint density at radius 3 is 2.56 bits per heavy atom. The topological polar surface area (TPSA) is 34.0 Å². The van der Waals surface area contributed by atoms with Gasteiger partial charge >= 0.3 is 0 Å². The standard InChI is InChI=1S/C26H21ClN2OS2/c1-15-9-12-20-19(13-15)22-24(26(2,3)28-20)32-29(25(22)31)21-14-17(27)10-11-18(21)23(30)16-7-5-4-6-8-16/h4-14,28H,1-3H3. The van der Waals surface area contributed by atoms with E-state index in [2.05, 4.69) is 44.3 Å². The highest BCUT2D eigenvalue weighted by Gasteiger charge is 2.35. The van der Waals surface area contributed by atoms with E-state index in [-0.39, 0.29) is 11.3 Å². The number of aryl methyl sites for hydroxylation is 1. The van der Waals surface area contributed by atoms with Crippen molar-refractivity contribution in [2.75, 3.05) is 5.32 Å². The number of fused-ring (bicyclic) bond motifs is 3. The summed E-state index contributed by atoms with van der Waals surface area (Å²) in [6.45, 7) is 6.38. The zero-order chi connectivity index (χ0) is 22.6. The van der Waals surface area contributed by atoms with Gasteiger partial charge < -0.3 is 5.32 Å². The molecule has 0 saturated carbocycles. The summed E-state index contributed by atoms with van der Waals surface area (Å²) < 4.78 is 2.67. The van der Waals surface area contributed by atoms with Crippen molar-refractivity contribution in [2.45, 2.75) is 26.3 Å². The zero-order valence-corrected chi connectivity index (χ0v) is 20.3. The van der Waals surface area contributed by atoms with Crippen molar-refractivity contribution in [1.29, 1.82) is 0 Å². The predicted octanol–water partition coefficient (Wildman–Crippen LogP) is 7.79. The van der Waals surface area contributed by atoms with E-state index in [1.807, 2.05) is 40.4 Å². The molecule has 1 aromatic heterocycles. The number of benzene rings is 3. The highest BCUT2D eigenvalue weighted by molar-refractivity contribution is 7.71. The fourth-order valence-corrected chi connectivity index (χ4v) is 6.01. The summed E-state index contributed by atoms with van der Waals surface area (Å²) in [5.41, 5.74) is 5.99. The molecule has 160 valence electrons. The van der Waals surface area contributed by atoms with E-state index < -0.39 is 0 Å². The molecule has 3 aromatic carbocycles. The molecule has 0 bridgehead atoms. The molecule has 0 aliphatic carbocycles. The molecule has 0 radical (unpaired) electrons. The van der Waals surface area contributed by atoms with E-state index in [0.717, 1.165) is 21.7 Å². The highest BCUT2D eigenvalue weighted by atomic mass is 35.5. The average Bonchev–Trinajstić information content (AvgIpc) is 3.13. The number of ketones is 1. The second-order valence-electron chi connectivity index (χ2n) is 8.55. The number of anilines is 1. The second-order valence-corrected chi connectivity index (χ2v) is 10.3. The summed E-state index contributed by atoms with van der Waals surface area (Å²) in [7, 11) is 0. The van der Waals surface area contributed by atoms with Crippen molar-refractivity contribution in [3.05, 3.63) is 98.0 Å². The smallest absolute Gasteiger partial charge is 0.195 e. The van der Waals surface area contributed by atoms with Crippen LogP contribution < -0.4 is 5.32 Å². The Balaban J connectivity index is 1.77. The van der Waals surface area contributed by atoms with Gasteiger partial charge in [0.05, 0.1) is 16.1 Å². The van der Waals surface area contributed by atoms with E-state index >= 15 is 0 Å². The van der Waals surface area contributed by atoms with E-state index in [1.165, 1.54) is 5.56 Å². The molecule has 1 N–H and O–H groups in total. The van der Waals surface area contributed by atoms with Crippen LogP contribution in [0, 0.1) is 11.6 Å². The Hall–Kier alpha value is -2.73. The Morgan fingerprint density at radius 2 is 1.81 bits per heavy atom. The minimum atomic E-state index is -0.302. The molecule has 6 heteroatoms. The number of hydrogen-bond donors (Lipinski definition) is 1. The molecule has 4 aromatic rings. The molecule has 3 nitrogen and oxygen atoms in total. The summed E-state index contributed by atoms with van der Waals surface area (Å²) in [6.07, 6.45) is 0. The summed E-state index contributed by atoms with van der Waals surface area (Å²) in [5, 5.41) is 4.21. The second kappa shape index (κ2) is 7.69. The van der Waals surface area contributed by atoms with Gasteiger partial charge in [-0.1, -0.05) is 77.3 Å². The van der Waals surface area contributed by atoms with Crippen LogP contribution in [0.1, 0.15) is 40.2 Å². The number of carbonyl (C=O) groups excluding carboxylic acids is 1. The maximum Gasteiger partial charge on any atom is 0.195 e. The molecule has 2 heterocycles. The van der Waals surface area contributed by atoms with Crippen LogP contribution >= 0.6 is 35.4 Å². The quantitative estimate of drug-likeness (QED) is 0.242. The van der Waals surface area contributed by atoms with Gasteiger partial charge in [0.2, 0.25) is 0 Å². The largest absolute Gasteiger partial charge is 0.375 e. The van der Waals surface area contributed by atoms with Crippen LogP contribution in [0.15, 0.2) is 66.7 Å². The Labute approximate surface area is 201 Å². The lowest BCUT2D eigenvalue weighted by atomic mass is 9.89. The van der Waals surface area contributed by atoms with Crippen LogP contribution in [0.25, 0.3) is 16.8 Å². The number of halogens is 1. The first-order chi connectivity index (χ1) is 15.3. The number of nitrogens with zero attached hydrogens (tertiary/aromatic N) is 1. The van der Waals surface area contributed by atoms with Crippen molar-refractivity contribution in [3.63, 3.8) is 0 Å². The van der Waals surface area contributed by atoms with Gasteiger partial charge in [0.15, 0.2) is 5.78 Å². The molecule has 0 spiro atoms. The Bertz CT molecular complexity index is 1430. The fraction of sp³-hybridized carbons (Fsp3) is 0.154. The molecule has 0 atom stereocenters. The maximum atomic E-state index is 13.4. The molecular formula is C26H21ClN2OS2. The van der Waals surface area contributed by atoms with Crippen molar-refractivity contribution in [1.82, 2.24) is 3.96 Å². The molecule has 0 amide bonds.